The van der Waals surface area contributed by atoms with Crippen LogP contribution in [0.5, 0.6) is 0 Å². The first-order valence-electron chi connectivity index (χ1n) is 8.45. The van der Waals surface area contributed by atoms with Crippen LogP contribution in [-0.4, -0.2) is 24.9 Å². The van der Waals surface area contributed by atoms with E-state index in [2.05, 4.69) is 5.32 Å². The zero-order chi connectivity index (χ0) is 17.8. The fourth-order valence-corrected chi connectivity index (χ4v) is 3.20. The second kappa shape index (κ2) is 7.70. The summed E-state index contributed by atoms with van der Waals surface area (Å²) < 4.78 is 0. The molecule has 1 atom stereocenters. The molecule has 0 aromatic heterocycles. The number of amides is 2. The molecule has 0 bridgehead atoms. The third-order valence-corrected chi connectivity index (χ3v) is 4.95. The lowest BCUT2D eigenvalue weighted by Gasteiger charge is -2.17. The predicted molar refractivity (Wildman–Crippen MR) is 99.8 cm³/mol. The minimum Gasteiger partial charge on any atom is -0.355 e. The molecular formula is C20H21ClN2O2. The van der Waals surface area contributed by atoms with Crippen LogP contribution in [0.1, 0.15) is 17.5 Å². The third kappa shape index (κ3) is 4.02. The van der Waals surface area contributed by atoms with Crippen LogP contribution in [0.4, 0.5) is 5.69 Å². The summed E-state index contributed by atoms with van der Waals surface area (Å²) in [6.45, 7) is 2.99. The molecule has 0 aliphatic carbocycles. The summed E-state index contributed by atoms with van der Waals surface area (Å²) in [5.41, 5.74) is 2.88. The van der Waals surface area contributed by atoms with E-state index in [9.17, 15) is 9.59 Å². The van der Waals surface area contributed by atoms with Gasteiger partial charge in [0.05, 0.1) is 0 Å². The molecule has 1 fully saturated rings. The molecule has 1 heterocycles. The van der Waals surface area contributed by atoms with E-state index in [1.54, 1.807) is 11.0 Å². The number of carbonyl (C=O) groups is 2. The summed E-state index contributed by atoms with van der Waals surface area (Å²) in [5.74, 6) is -0.963. The molecule has 0 spiro atoms. The Kier molecular flexibility index (Phi) is 5.39. The van der Waals surface area contributed by atoms with Crippen LogP contribution in [0.2, 0.25) is 5.02 Å². The van der Waals surface area contributed by atoms with Gasteiger partial charge in [0.15, 0.2) is 0 Å². The fraction of sp³-hybridized carbons (Fsp3) is 0.300. The van der Waals surface area contributed by atoms with Gasteiger partial charge in [0.25, 0.3) is 0 Å². The van der Waals surface area contributed by atoms with E-state index in [1.165, 1.54) is 0 Å². The van der Waals surface area contributed by atoms with Crippen molar-refractivity contribution in [3.63, 3.8) is 0 Å². The van der Waals surface area contributed by atoms with Crippen molar-refractivity contribution < 1.29 is 9.59 Å². The number of nitrogens with zero attached hydrogens (tertiary/aromatic N) is 1. The van der Waals surface area contributed by atoms with Crippen molar-refractivity contribution in [3.05, 3.63) is 64.7 Å². The van der Waals surface area contributed by atoms with Crippen LogP contribution in [-0.2, 0) is 16.0 Å². The smallest absolute Gasteiger partial charge is 0.239 e. The molecule has 2 aromatic carbocycles. The van der Waals surface area contributed by atoms with Crippen molar-refractivity contribution >= 4 is 29.1 Å². The molecule has 1 aliphatic rings. The predicted octanol–water partition coefficient (Wildman–Crippen LogP) is 3.36. The molecular weight excluding hydrogens is 336 g/mol. The van der Waals surface area contributed by atoms with Gasteiger partial charge in [0, 0.05) is 23.8 Å². The summed E-state index contributed by atoms with van der Waals surface area (Å²) in [4.78, 5) is 26.6. The number of hydrogen-bond donors (Lipinski definition) is 1. The molecule has 5 heteroatoms. The average molecular weight is 357 g/mol. The quantitative estimate of drug-likeness (QED) is 0.835. The Balaban J connectivity index is 1.57. The number of rotatable bonds is 5. The lowest BCUT2D eigenvalue weighted by molar-refractivity contribution is -0.132. The lowest BCUT2D eigenvalue weighted by atomic mass is 10.1. The molecule has 2 amide bonds. The van der Waals surface area contributed by atoms with Gasteiger partial charge in [-0.3, -0.25) is 9.59 Å². The van der Waals surface area contributed by atoms with Crippen LogP contribution < -0.4 is 10.2 Å². The van der Waals surface area contributed by atoms with Crippen molar-refractivity contribution in [1.29, 1.82) is 0 Å². The maximum Gasteiger partial charge on any atom is 0.239 e. The number of nitrogens with one attached hydrogen (secondary N) is 1. The largest absolute Gasteiger partial charge is 0.355 e. The van der Waals surface area contributed by atoms with Gasteiger partial charge in [-0.15, -0.1) is 0 Å². The second-order valence-corrected chi connectivity index (χ2v) is 6.70. The molecule has 4 nitrogen and oxygen atoms in total. The van der Waals surface area contributed by atoms with E-state index in [1.807, 2.05) is 49.4 Å². The highest BCUT2D eigenvalue weighted by molar-refractivity contribution is 6.31. The topological polar surface area (TPSA) is 49.4 Å². The number of hydrogen-bond acceptors (Lipinski definition) is 2. The summed E-state index contributed by atoms with van der Waals surface area (Å²) in [7, 11) is 0. The summed E-state index contributed by atoms with van der Waals surface area (Å²) in [6.07, 6.45) is 1.28. The first-order valence-corrected chi connectivity index (χ1v) is 8.83. The summed E-state index contributed by atoms with van der Waals surface area (Å²) in [6, 6.07) is 15.5. The zero-order valence-corrected chi connectivity index (χ0v) is 14.9. The molecule has 130 valence electrons. The average Bonchev–Trinajstić information content (AvgIpc) is 3.00. The Morgan fingerprint density at radius 2 is 2.00 bits per heavy atom. The van der Waals surface area contributed by atoms with Gasteiger partial charge in [-0.25, -0.2) is 0 Å². The van der Waals surface area contributed by atoms with Gasteiger partial charge in [-0.05, 0) is 43.0 Å². The van der Waals surface area contributed by atoms with Crippen molar-refractivity contribution in [2.75, 3.05) is 18.0 Å². The van der Waals surface area contributed by atoms with E-state index in [-0.39, 0.29) is 11.8 Å². The van der Waals surface area contributed by atoms with E-state index >= 15 is 0 Å². The number of aryl methyl sites for hydroxylation is 1. The minimum absolute atomic E-state index is 0.155. The van der Waals surface area contributed by atoms with Gasteiger partial charge in [0.2, 0.25) is 11.8 Å². The normalized spacial score (nSPS) is 17.0. The first kappa shape index (κ1) is 17.5. The maximum atomic E-state index is 12.6. The first-order chi connectivity index (χ1) is 12.1. The van der Waals surface area contributed by atoms with Crippen LogP contribution >= 0.6 is 11.6 Å². The highest BCUT2D eigenvalue weighted by Crippen LogP contribution is 2.28. The molecule has 3 rings (SSSR count). The van der Waals surface area contributed by atoms with Crippen LogP contribution in [0, 0.1) is 12.8 Å². The second-order valence-electron chi connectivity index (χ2n) is 6.29. The van der Waals surface area contributed by atoms with Crippen molar-refractivity contribution in [2.24, 2.45) is 5.92 Å². The van der Waals surface area contributed by atoms with Crippen LogP contribution in [0.15, 0.2) is 48.5 Å². The highest BCUT2D eigenvalue weighted by Gasteiger charge is 2.37. The van der Waals surface area contributed by atoms with E-state index < -0.39 is 5.92 Å². The van der Waals surface area contributed by atoms with Crippen molar-refractivity contribution in [1.82, 2.24) is 5.32 Å². The SMILES string of the molecule is Cc1ccc(N2CCC(C(=O)NCCc3ccccc3)C2=O)cc1Cl. The van der Waals surface area contributed by atoms with Gasteiger partial charge in [0.1, 0.15) is 5.92 Å². The number of anilines is 1. The van der Waals surface area contributed by atoms with E-state index in [0.29, 0.717) is 24.5 Å². The van der Waals surface area contributed by atoms with Crippen molar-refractivity contribution in [3.8, 4) is 0 Å². The molecule has 1 saturated heterocycles. The maximum absolute atomic E-state index is 12.6. The number of benzene rings is 2. The Morgan fingerprint density at radius 1 is 1.24 bits per heavy atom. The monoisotopic (exact) mass is 356 g/mol. The molecule has 0 radical (unpaired) electrons. The van der Waals surface area contributed by atoms with E-state index in [4.69, 9.17) is 11.6 Å². The van der Waals surface area contributed by atoms with Crippen molar-refractivity contribution in [2.45, 2.75) is 19.8 Å². The lowest BCUT2D eigenvalue weighted by Crippen LogP contribution is -2.37. The van der Waals surface area contributed by atoms with E-state index in [0.717, 1.165) is 23.2 Å². The fourth-order valence-electron chi connectivity index (χ4n) is 3.03. The molecule has 1 unspecified atom stereocenters. The highest BCUT2D eigenvalue weighted by atomic mass is 35.5. The Bertz CT molecular complexity index is 777. The standard InChI is InChI=1S/C20H21ClN2O2/c1-14-7-8-16(13-18(14)21)23-12-10-17(20(23)25)19(24)22-11-9-15-5-3-2-4-6-15/h2-8,13,17H,9-12H2,1H3,(H,22,24). The Morgan fingerprint density at radius 3 is 2.72 bits per heavy atom. The number of halogens is 1. The van der Waals surface area contributed by atoms with Gasteiger partial charge in [-0.1, -0.05) is 48.0 Å². The molecule has 1 N–H and O–H groups in total. The van der Waals surface area contributed by atoms with Gasteiger partial charge >= 0.3 is 0 Å². The third-order valence-electron chi connectivity index (χ3n) is 4.54. The molecule has 1 aliphatic heterocycles. The van der Waals surface area contributed by atoms with Gasteiger partial charge in [-0.2, -0.15) is 0 Å². The zero-order valence-electron chi connectivity index (χ0n) is 14.2. The van der Waals surface area contributed by atoms with Gasteiger partial charge < -0.3 is 10.2 Å². The van der Waals surface area contributed by atoms with Crippen LogP contribution in [0.3, 0.4) is 0 Å². The Labute approximate surface area is 152 Å². The summed E-state index contributed by atoms with van der Waals surface area (Å²) >= 11 is 6.15. The Hall–Kier alpha value is -2.33. The van der Waals surface area contributed by atoms with Crippen LogP contribution in [0.25, 0.3) is 0 Å². The minimum atomic E-state index is -0.615. The summed E-state index contributed by atoms with van der Waals surface area (Å²) in [5, 5.41) is 3.51. The molecule has 2 aromatic rings. The molecule has 25 heavy (non-hydrogen) atoms. The molecule has 0 saturated carbocycles. The number of carbonyl (C=O) groups excluding carboxylic acids is 2.